The molecule has 1 aromatic heterocycles. The monoisotopic (exact) mass is 261 g/mol. The molecule has 0 radical (unpaired) electrons. The zero-order chi connectivity index (χ0) is 14.1. The predicted octanol–water partition coefficient (Wildman–Crippen LogP) is 2.65. The Labute approximate surface area is 113 Å². The van der Waals surface area contributed by atoms with Crippen LogP contribution < -0.4 is 5.32 Å². The van der Waals surface area contributed by atoms with E-state index < -0.39 is 5.97 Å². The third-order valence-electron chi connectivity index (χ3n) is 3.09. The average Bonchev–Trinajstić information content (AvgIpc) is 2.42. The number of pyridine rings is 1. The van der Waals surface area contributed by atoms with Gasteiger partial charge in [-0.1, -0.05) is 13.3 Å². The number of carboxylic acid groups (broad SMARTS) is 1. The quantitative estimate of drug-likeness (QED) is 0.751. The van der Waals surface area contributed by atoms with E-state index in [9.17, 15) is 4.79 Å². The van der Waals surface area contributed by atoms with E-state index >= 15 is 0 Å². The fraction of sp³-hybridized carbons (Fsp3) is 0.500. The van der Waals surface area contributed by atoms with Gasteiger partial charge in [-0.05, 0) is 30.9 Å². The van der Waals surface area contributed by atoms with Crippen molar-refractivity contribution in [3.05, 3.63) is 23.9 Å². The SMILES string of the molecule is CCC(CCNc1cc(C#N)ccn1)CCC(=O)O. The van der Waals surface area contributed by atoms with Crippen LogP contribution >= 0.6 is 0 Å². The molecule has 2 N–H and O–H groups in total. The van der Waals surface area contributed by atoms with Crippen molar-refractivity contribution in [1.29, 1.82) is 5.26 Å². The molecule has 0 bridgehead atoms. The largest absolute Gasteiger partial charge is 0.481 e. The maximum Gasteiger partial charge on any atom is 0.303 e. The Morgan fingerprint density at radius 3 is 3.00 bits per heavy atom. The molecule has 1 rings (SSSR count). The van der Waals surface area contributed by atoms with Gasteiger partial charge in [0.15, 0.2) is 0 Å². The van der Waals surface area contributed by atoms with Gasteiger partial charge in [0, 0.05) is 19.2 Å². The predicted molar refractivity (Wildman–Crippen MR) is 72.7 cm³/mol. The van der Waals surface area contributed by atoms with Crippen molar-refractivity contribution in [2.45, 2.75) is 32.6 Å². The molecule has 1 unspecified atom stereocenters. The fourth-order valence-electron chi connectivity index (χ4n) is 1.88. The van der Waals surface area contributed by atoms with Crippen LogP contribution in [0.2, 0.25) is 0 Å². The number of hydrogen-bond donors (Lipinski definition) is 2. The topological polar surface area (TPSA) is 86.0 Å². The third-order valence-corrected chi connectivity index (χ3v) is 3.09. The summed E-state index contributed by atoms with van der Waals surface area (Å²) in [6.45, 7) is 2.81. The molecule has 1 heterocycles. The first-order valence-corrected chi connectivity index (χ1v) is 6.47. The standard InChI is InChI=1S/C14H19N3O2/c1-2-11(3-4-14(18)19)5-7-16-13-9-12(10-15)6-8-17-13/h6,8-9,11H,2-5,7H2,1H3,(H,16,17)(H,18,19). The summed E-state index contributed by atoms with van der Waals surface area (Å²) >= 11 is 0. The van der Waals surface area contributed by atoms with Crippen LogP contribution in [0.25, 0.3) is 0 Å². The highest BCUT2D eigenvalue weighted by atomic mass is 16.4. The number of nitriles is 1. The van der Waals surface area contributed by atoms with Crippen LogP contribution in [-0.4, -0.2) is 22.6 Å². The molecule has 5 heteroatoms. The highest BCUT2D eigenvalue weighted by molar-refractivity contribution is 5.66. The summed E-state index contributed by atoms with van der Waals surface area (Å²) in [6.07, 6.45) is 4.41. The molecule has 0 aliphatic carbocycles. The van der Waals surface area contributed by atoms with Crippen molar-refractivity contribution in [2.75, 3.05) is 11.9 Å². The van der Waals surface area contributed by atoms with Crippen molar-refractivity contribution in [2.24, 2.45) is 5.92 Å². The maximum absolute atomic E-state index is 10.5. The molecule has 5 nitrogen and oxygen atoms in total. The number of hydrogen-bond acceptors (Lipinski definition) is 4. The van der Waals surface area contributed by atoms with Crippen molar-refractivity contribution in [1.82, 2.24) is 4.98 Å². The minimum atomic E-state index is -0.741. The summed E-state index contributed by atoms with van der Waals surface area (Å²) < 4.78 is 0. The number of aliphatic carboxylic acids is 1. The number of rotatable bonds is 8. The number of aromatic nitrogens is 1. The Bertz CT molecular complexity index is 454. The lowest BCUT2D eigenvalue weighted by molar-refractivity contribution is -0.137. The Morgan fingerprint density at radius 1 is 1.58 bits per heavy atom. The summed E-state index contributed by atoms with van der Waals surface area (Å²) in [5.41, 5.74) is 0.579. The normalized spacial score (nSPS) is 11.6. The lowest BCUT2D eigenvalue weighted by Crippen LogP contribution is -2.11. The van der Waals surface area contributed by atoms with Crippen LogP contribution in [0.1, 0.15) is 38.2 Å². The highest BCUT2D eigenvalue weighted by Gasteiger charge is 2.08. The second kappa shape index (κ2) is 8.09. The van der Waals surface area contributed by atoms with Gasteiger partial charge in [0.2, 0.25) is 0 Å². The van der Waals surface area contributed by atoms with Gasteiger partial charge in [0.25, 0.3) is 0 Å². The van der Waals surface area contributed by atoms with E-state index in [0.29, 0.717) is 23.7 Å². The van der Waals surface area contributed by atoms with Crippen molar-refractivity contribution >= 4 is 11.8 Å². The molecule has 0 spiro atoms. The van der Waals surface area contributed by atoms with E-state index in [1.54, 1.807) is 18.3 Å². The summed E-state index contributed by atoms with van der Waals surface area (Å²) in [5.74, 6) is 0.352. The van der Waals surface area contributed by atoms with Gasteiger partial charge in [-0.25, -0.2) is 4.98 Å². The molecular weight excluding hydrogens is 242 g/mol. The Kier molecular flexibility index (Phi) is 6.37. The molecular formula is C14H19N3O2. The molecule has 0 aliphatic rings. The van der Waals surface area contributed by atoms with E-state index in [1.165, 1.54) is 0 Å². The van der Waals surface area contributed by atoms with Crippen molar-refractivity contribution in [3.63, 3.8) is 0 Å². The van der Waals surface area contributed by atoms with Crippen LogP contribution in [0, 0.1) is 17.2 Å². The Hall–Kier alpha value is -2.09. The Morgan fingerprint density at radius 2 is 2.37 bits per heavy atom. The fourth-order valence-corrected chi connectivity index (χ4v) is 1.88. The van der Waals surface area contributed by atoms with Gasteiger partial charge in [-0.2, -0.15) is 5.26 Å². The highest BCUT2D eigenvalue weighted by Crippen LogP contribution is 2.15. The van der Waals surface area contributed by atoms with Gasteiger partial charge in [0.05, 0.1) is 11.6 Å². The molecule has 0 amide bonds. The lowest BCUT2D eigenvalue weighted by Gasteiger charge is -2.14. The minimum Gasteiger partial charge on any atom is -0.481 e. The second-order valence-corrected chi connectivity index (χ2v) is 4.46. The molecule has 0 aromatic carbocycles. The van der Waals surface area contributed by atoms with Crippen molar-refractivity contribution < 1.29 is 9.90 Å². The Balaban J connectivity index is 2.35. The number of carboxylic acids is 1. The molecule has 19 heavy (non-hydrogen) atoms. The van der Waals surface area contributed by atoms with E-state index in [1.807, 2.05) is 0 Å². The van der Waals surface area contributed by atoms with Crippen LogP contribution in [0.3, 0.4) is 0 Å². The van der Waals surface area contributed by atoms with E-state index in [0.717, 1.165) is 19.4 Å². The maximum atomic E-state index is 10.5. The lowest BCUT2D eigenvalue weighted by atomic mass is 9.97. The summed E-state index contributed by atoms with van der Waals surface area (Å²) in [4.78, 5) is 14.7. The first-order chi connectivity index (χ1) is 9.15. The van der Waals surface area contributed by atoms with Gasteiger partial charge in [-0.15, -0.1) is 0 Å². The number of carbonyl (C=O) groups is 1. The van der Waals surface area contributed by atoms with Gasteiger partial charge in [0.1, 0.15) is 5.82 Å². The van der Waals surface area contributed by atoms with Crippen LogP contribution in [-0.2, 0) is 4.79 Å². The smallest absolute Gasteiger partial charge is 0.303 e. The van der Waals surface area contributed by atoms with E-state index in [-0.39, 0.29) is 6.42 Å². The number of anilines is 1. The molecule has 0 aliphatic heterocycles. The minimum absolute atomic E-state index is 0.223. The first-order valence-electron chi connectivity index (χ1n) is 6.47. The molecule has 0 fully saturated rings. The number of nitrogens with zero attached hydrogens (tertiary/aromatic N) is 2. The zero-order valence-electron chi connectivity index (χ0n) is 11.1. The van der Waals surface area contributed by atoms with E-state index in [4.69, 9.17) is 10.4 Å². The molecule has 102 valence electrons. The average molecular weight is 261 g/mol. The molecule has 1 atom stereocenters. The van der Waals surface area contributed by atoms with Crippen molar-refractivity contribution in [3.8, 4) is 6.07 Å². The van der Waals surface area contributed by atoms with E-state index in [2.05, 4.69) is 23.3 Å². The summed E-state index contributed by atoms with van der Waals surface area (Å²) in [5, 5.41) is 20.6. The van der Waals surface area contributed by atoms with Gasteiger partial charge < -0.3 is 10.4 Å². The first kappa shape index (κ1) is 15.0. The van der Waals surface area contributed by atoms with Gasteiger partial charge >= 0.3 is 5.97 Å². The molecule has 0 saturated carbocycles. The number of nitrogens with one attached hydrogen (secondary N) is 1. The molecule has 0 saturated heterocycles. The molecule has 1 aromatic rings. The van der Waals surface area contributed by atoms with Crippen LogP contribution in [0.5, 0.6) is 0 Å². The van der Waals surface area contributed by atoms with Crippen LogP contribution in [0.15, 0.2) is 18.3 Å². The zero-order valence-corrected chi connectivity index (χ0v) is 11.1. The summed E-state index contributed by atoms with van der Waals surface area (Å²) in [6, 6.07) is 5.43. The third kappa shape index (κ3) is 5.87. The second-order valence-electron chi connectivity index (χ2n) is 4.46. The summed E-state index contributed by atoms with van der Waals surface area (Å²) in [7, 11) is 0. The van der Waals surface area contributed by atoms with Crippen LogP contribution in [0.4, 0.5) is 5.82 Å². The van der Waals surface area contributed by atoms with Gasteiger partial charge in [-0.3, -0.25) is 4.79 Å².